The van der Waals surface area contributed by atoms with Gasteiger partial charge in [-0.1, -0.05) is 35.9 Å². The fourth-order valence-corrected chi connectivity index (χ4v) is 1.76. The molecule has 2 aromatic rings. The third kappa shape index (κ3) is 3.25. The number of nitrogen functional groups attached to an aromatic ring is 1. The van der Waals surface area contributed by atoms with Crippen LogP contribution < -0.4 is 10.5 Å². The minimum Gasteiger partial charge on any atom is -0.489 e. The highest BCUT2D eigenvalue weighted by Gasteiger charge is 2.00. The van der Waals surface area contributed by atoms with E-state index in [1.165, 1.54) is 0 Å². The van der Waals surface area contributed by atoms with E-state index in [9.17, 15) is 0 Å². The summed E-state index contributed by atoms with van der Waals surface area (Å²) in [6, 6.07) is 14.7. The van der Waals surface area contributed by atoms with Crippen LogP contribution in [0.25, 0.3) is 0 Å². The van der Waals surface area contributed by atoms with Crippen LogP contribution in [0.3, 0.4) is 0 Å². The van der Waals surface area contributed by atoms with Crippen molar-refractivity contribution in [1.82, 2.24) is 0 Å². The van der Waals surface area contributed by atoms with Gasteiger partial charge in [-0.15, -0.1) is 0 Å². The molecule has 0 aliphatic carbocycles. The second-order valence-electron chi connectivity index (χ2n) is 3.86. The normalized spacial score (nSPS) is 10.1. The van der Waals surface area contributed by atoms with Crippen LogP contribution in [0.1, 0.15) is 11.1 Å². The lowest BCUT2D eigenvalue weighted by Gasteiger charge is -2.07. The van der Waals surface area contributed by atoms with Crippen LogP contribution in [-0.2, 0) is 6.61 Å². The Kier molecular flexibility index (Phi) is 3.85. The lowest BCUT2D eigenvalue weighted by molar-refractivity contribution is 0.306. The van der Waals surface area contributed by atoms with Crippen molar-refractivity contribution >= 4 is 17.4 Å². The molecule has 0 saturated carbocycles. The van der Waals surface area contributed by atoms with Crippen LogP contribution in [0.15, 0.2) is 48.5 Å². The lowest BCUT2D eigenvalue weighted by atomic mass is 10.2. The number of benzene rings is 2. The van der Waals surface area contributed by atoms with Gasteiger partial charge in [0.2, 0.25) is 0 Å². The van der Waals surface area contributed by atoms with Gasteiger partial charge in [0.15, 0.2) is 0 Å². The summed E-state index contributed by atoms with van der Waals surface area (Å²) in [5, 5.41) is 8.05. The maximum absolute atomic E-state index is 7.36. The molecule has 0 fully saturated rings. The first kappa shape index (κ1) is 12.5. The number of halogens is 1. The van der Waals surface area contributed by atoms with E-state index in [1.807, 2.05) is 36.4 Å². The van der Waals surface area contributed by atoms with Gasteiger partial charge in [0, 0.05) is 10.6 Å². The van der Waals surface area contributed by atoms with E-state index in [-0.39, 0.29) is 5.84 Å². The van der Waals surface area contributed by atoms with Crippen molar-refractivity contribution in [3.8, 4) is 5.75 Å². The van der Waals surface area contributed by atoms with Crippen molar-refractivity contribution in [2.24, 2.45) is 5.73 Å². The Hall–Kier alpha value is -2.00. The molecular formula is C14H13ClN2O. The van der Waals surface area contributed by atoms with E-state index in [0.29, 0.717) is 22.9 Å². The number of nitrogens with one attached hydrogen (secondary N) is 1. The van der Waals surface area contributed by atoms with E-state index in [2.05, 4.69) is 0 Å². The third-order valence-corrected chi connectivity index (χ3v) is 2.67. The average Bonchev–Trinajstić information content (AvgIpc) is 2.37. The average molecular weight is 261 g/mol. The summed E-state index contributed by atoms with van der Waals surface area (Å²) < 4.78 is 5.63. The monoisotopic (exact) mass is 260 g/mol. The minimum atomic E-state index is 0.0307. The Morgan fingerprint density at radius 1 is 1.17 bits per heavy atom. The lowest BCUT2D eigenvalue weighted by Crippen LogP contribution is -2.10. The number of amidine groups is 1. The van der Waals surface area contributed by atoms with Gasteiger partial charge in [-0.2, -0.15) is 0 Å². The topological polar surface area (TPSA) is 59.1 Å². The van der Waals surface area contributed by atoms with Crippen molar-refractivity contribution in [3.05, 3.63) is 64.7 Å². The van der Waals surface area contributed by atoms with E-state index < -0.39 is 0 Å². The van der Waals surface area contributed by atoms with Crippen LogP contribution in [0.5, 0.6) is 5.75 Å². The largest absolute Gasteiger partial charge is 0.489 e. The molecule has 0 aliphatic rings. The third-order valence-electron chi connectivity index (χ3n) is 2.44. The molecule has 18 heavy (non-hydrogen) atoms. The predicted molar refractivity (Wildman–Crippen MR) is 73.2 cm³/mol. The summed E-state index contributed by atoms with van der Waals surface area (Å²) in [6.45, 7) is 0.432. The Morgan fingerprint density at radius 2 is 1.94 bits per heavy atom. The first-order valence-corrected chi connectivity index (χ1v) is 5.84. The van der Waals surface area contributed by atoms with Gasteiger partial charge in [-0.05, 0) is 29.8 Å². The summed E-state index contributed by atoms with van der Waals surface area (Å²) in [7, 11) is 0. The Morgan fingerprint density at radius 3 is 2.67 bits per heavy atom. The van der Waals surface area contributed by atoms with Gasteiger partial charge >= 0.3 is 0 Å². The second-order valence-corrected chi connectivity index (χ2v) is 4.30. The van der Waals surface area contributed by atoms with Gasteiger partial charge in [0.25, 0.3) is 0 Å². The summed E-state index contributed by atoms with van der Waals surface area (Å²) in [5.41, 5.74) is 7.07. The quantitative estimate of drug-likeness (QED) is 0.655. The molecule has 0 spiro atoms. The zero-order valence-electron chi connectivity index (χ0n) is 9.69. The van der Waals surface area contributed by atoms with E-state index in [4.69, 9.17) is 27.5 Å². The maximum atomic E-state index is 7.36. The van der Waals surface area contributed by atoms with E-state index in [0.717, 1.165) is 5.56 Å². The molecule has 0 radical (unpaired) electrons. The molecule has 3 nitrogen and oxygen atoms in total. The Balaban J connectivity index is 2.06. The molecular weight excluding hydrogens is 248 g/mol. The molecule has 0 bridgehead atoms. The smallest absolute Gasteiger partial charge is 0.122 e. The Bertz CT molecular complexity index is 569. The van der Waals surface area contributed by atoms with Crippen LogP contribution in [0.4, 0.5) is 0 Å². The molecule has 0 heterocycles. The Labute approximate surface area is 111 Å². The SMILES string of the molecule is N=C(N)c1cccc(OCc2cccc(Cl)c2)c1. The fourth-order valence-electron chi connectivity index (χ4n) is 1.55. The molecule has 0 aliphatic heterocycles. The molecule has 0 saturated heterocycles. The first-order chi connectivity index (χ1) is 8.65. The predicted octanol–water partition coefficient (Wildman–Crippen LogP) is 3.20. The van der Waals surface area contributed by atoms with Crippen molar-refractivity contribution < 1.29 is 4.74 Å². The van der Waals surface area contributed by atoms with Crippen LogP contribution >= 0.6 is 11.6 Å². The van der Waals surface area contributed by atoms with Crippen molar-refractivity contribution in [3.63, 3.8) is 0 Å². The van der Waals surface area contributed by atoms with Crippen LogP contribution in [-0.4, -0.2) is 5.84 Å². The van der Waals surface area contributed by atoms with Gasteiger partial charge < -0.3 is 10.5 Å². The highest BCUT2D eigenvalue weighted by molar-refractivity contribution is 6.30. The van der Waals surface area contributed by atoms with E-state index >= 15 is 0 Å². The second kappa shape index (κ2) is 5.56. The summed E-state index contributed by atoms with van der Waals surface area (Å²) in [6.07, 6.45) is 0. The molecule has 0 amide bonds. The summed E-state index contributed by atoms with van der Waals surface area (Å²) >= 11 is 5.89. The molecule has 0 unspecified atom stereocenters. The molecule has 2 rings (SSSR count). The minimum absolute atomic E-state index is 0.0307. The molecule has 92 valence electrons. The highest BCUT2D eigenvalue weighted by atomic mass is 35.5. The standard InChI is InChI=1S/C14H13ClN2O/c15-12-5-1-3-10(7-12)9-18-13-6-2-4-11(8-13)14(16)17/h1-8H,9H2,(H3,16,17). The summed E-state index contributed by atoms with van der Waals surface area (Å²) in [4.78, 5) is 0. The molecule has 0 aromatic heterocycles. The number of hydrogen-bond donors (Lipinski definition) is 2. The van der Waals surface area contributed by atoms with Crippen LogP contribution in [0, 0.1) is 5.41 Å². The van der Waals surface area contributed by atoms with Gasteiger partial charge in [0.05, 0.1) is 0 Å². The first-order valence-electron chi connectivity index (χ1n) is 5.47. The van der Waals surface area contributed by atoms with Crippen molar-refractivity contribution in [1.29, 1.82) is 5.41 Å². The van der Waals surface area contributed by atoms with Gasteiger partial charge in [0.1, 0.15) is 18.2 Å². The molecule has 2 aromatic carbocycles. The van der Waals surface area contributed by atoms with Gasteiger partial charge in [-0.25, -0.2) is 0 Å². The van der Waals surface area contributed by atoms with Crippen LogP contribution in [0.2, 0.25) is 5.02 Å². The van der Waals surface area contributed by atoms with Crippen molar-refractivity contribution in [2.75, 3.05) is 0 Å². The number of ether oxygens (including phenoxy) is 1. The zero-order valence-corrected chi connectivity index (χ0v) is 10.4. The molecule has 0 atom stereocenters. The molecule has 3 N–H and O–H groups in total. The summed E-state index contributed by atoms with van der Waals surface area (Å²) in [5.74, 6) is 0.714. The van der Waals surface area contributed by atoms with E-state index in [1.54, 1.807) is 12.1 Å². The molecule has 4 heteroatoms. The number of rotatable bonds is 4. The maximum Gasteiger partial charge on any atom is 0.122 e. The number of hydrogen-bond acceptors (Lipinski definition) is 2. The fraction of sp³-hybridized carbons (Fsp3) is 0.0714. The van der Waals surface area contributed by atoms with Gasteiger partial charge in [-0.3, -0.25) is 5.41 Å². The zero-order chi connectivity index (χ0) is 13.0. The highest BCUT2D eigenvalue weighted by Crippen LogP contribution is 2.16. The number of nitrogens with two attached hydrogens (primary N) is 1. The van der Waals surface area contributed by atoms with Crippen molar-refractivity contribution in [2.45, 2.75) is 6.61 Å².